The zero-order valence-corrected chi connectivity index (χ0v) is 15.0. The normalized spacial score (nSPS) is 13.0. The molecule has 132 valence electrons. The smallest absolute Gasteiger partial charge is 0.241 e. The number of anilines is 1. The maximum atomic E-state index is 12.2. The van der Waals surface area contributed by atoms with Crippen molar-refractivity contribution in [3.05, 3.63) is 30.5 Å². The number of hydrogen-bond acceptors (Lipinski definition) is 3. The largest absolute Gasteiger partial charge is 0.358 e. The average molecular weight is 353 g/mol. The lowest BCUT2D eigenvalue weighted by atomic mass is 9.99. The van der Waals surface area contributed by atoms with Gasteiger partial charge in [-0.1, -0.05) is 26.3 Å². The molecule has 6 nitrogen and oxygen atoms in total. The van der Waals surface area contributed by atoms with Crippen LogP contribution in [0.2, 0.25) is 0 Å². The van der Waals surface area contributed by atoms with E-state index in [1.165, 1.54) is 0 Å². The van der Waals surface area contributed by atoms with Crippen LogP contribution in [0.4, 0.5) is 5.69 Å². The molecule has 0 aliphatic rings. The lowest BCUT2D eigenvalue weighted by Gasteiger charge is -2.17. The summed E-state index contributed by atoms with van der Waals surface area (Å²) in [5, 5.41) is 6.47. The molecule has 0 aliphatic carbocycles. The molecule has 4 N–H and O–H groups in total. The number of halogens is 1. The lowest BCUT2D eigenvalue weighted by Crippen LogP contribution is -2.40. The molecule has 0 saturated carbocycles. The number of benzene rings is 1. The lowest BCUT2D eigenvalue weighted by molar-refractivity contribution is -0.121. The van der Waals surface area contributed by atoms with Crippen LogP contribution in [0.25, 0.3) is 10.9 Å². The van der Waals surface area contributed by atoms with Gasteiger partial charge in [0, 0.05) is 18.9 Å². The van der Waals surface area contributed by atoms with E-state index in [0.717, 1.165) is 17.3 Å². The Labute approximate surface area is 148 Å². The first-order chi connectivity index (χ1) is 11.0. The third kappa shape index (κ3) is 4.49. The van der Waals surface area contributed by atoms with Gasteiger partial charge in [-0.15, -0.1) is 12.4 Å². The zero-order chi connectivity index (χ0) is 17.0. The fourth-order valence-electron chi connectivity index (χ4n) is 2.37. The number of rotatable bonds is 6. The van der Waals surface area contributed by atoms with E-state index in [4.69, 9.17) is 5.73 Å². The molecule has 2 rings (SSSR count). The van der Waals surface area contributed by atoms with Crippen molar-refractivity contribution in [1.29, 1.82) is 0 Å². The quantitative estimate of drug-likeness (QED) is 0.744. The first-order valence-corrected chi connectivity index (χ1v) is 7.82. The number of carbonyl (C=O) groups is 2. The van der Waals surface area contributed by atoms with E-state index in [-0.39, 0.29) is 36.7 Å². The molecular weight excluding hydrogens is 328 g/mol. The first-order valence-electron chi connectivity index (χ1n) is 7.82. The van der Waals surface area contributed by atoms with Crippen LogP contribution in [0.5, 0.6) is 0 Å². The van der Waals surface area contributed by atoms with Crippen LogP contribution in [0, 0.1) is 5.92 Å². The topological polar surface area (TPSA) is 89.2 Å². The first kappa shape index (κ1) is 20.0. The minimum atomic E-state index is -0.534. The summed E-state index contributed by atoms with van der Waals surface area (Å²) in [6.07, 6.45) is 2.71. The maximum absolute atomic E-state index is 12.2. The number of aromatic nitrogens is 1. The molecule has 1 aromatic heterocycles. The summed E-state index contributed by atoms with van der Waals surface area (Å²) < 4.78 is 1.85. The Morgan fingerprint density at radius 1 is 1.29 bits per heavy atom. The summed E-state index contributed by atoms with van der Waals surface area (Å²) in [6, 6.07) is 7.02. The third-order valence-electron chi connectivity index (χ3n) is 4.19. The average Bonchev–Trinajstić information content (AvgIpc) is 2.95. The summed E-state index contributed by atoms with van der Waals surface area (Å²) in [6.45, 7) is 4.21. The van der Waals surface area contributed by atoms with Gasteiger partial charge in [0.1, 0.15) is 6.54 Å². The fraction of sp³-hybridized carbons (Fsp3) is 0.412. The third-order valence-corrected chi connectivity index (χ3v) is 4.19. The monoisotopic (exact) mass is 352 g/mol. The van der Waals surface area contributed by atoms with Crippen molar-refractivity contribution in [3.63, 3.8) is 0 Å². The molecular formula is C17H25ClN4O2. The summed E-state index contributed by atoms with van der Waals surface area (Å²) in [7, 11) is 1.61. The zero-order valence-electron chi connectivity index (χ0n) is 14.2. The van der Waals surface area contributed by atoms with E-state index < -0.39 is 6.04 Å². The van der Waals surface area contributed by atoms with E-state index in [1.807, 2.05) is 48.9 Å². The highest BCUT2D eigenvalue weighted by atomic mass is 35.5. The van der Waals surface area contributed by atoms with Crippen molar-refractivity contribution < 1.29 is 9.59 Å². The number of hydrogen-bond donors (Lipinski definition) is 3. The summed E-state index contributed by atoms with van der Waals surface area (Å²) in [5.74, 6) is -0.144. The Bertz CT molecular complexity index is 714. The van der Waals surface area contributed by atoms with E-state index in [2.05, 4.69) is 10.6 Å². The number of carbonyl (C=O) groups excluding carboxylic acids is 2. The number of nitrogens with two attached hydrogens (primary N) is 1. The highest BCUT2D eigenvalue weighted by molar-refractivity contribution is 5.97. The number of nitrogens with one attached hydrogen (secondary N) is 2. The van der Waals surface area contributed by atoms with Gasteiger partial charge >= 0.3 is 0 Å². The van der Waals surface area contributed by atoms with Crippen LogP contribution in [0.1, 0.15) is 20.3 Å². The van der Waals surface area contributed by atoms with E-state index >= 15 is 0 Å². The summed E-state index contributed by atoms with van der Waals surface area (Å²) in [4.78, 5) is 23.8. The van der Waals surface area contributed by atoms with Gasteiger partial charge in [0.2, 0.25) is 11.8 Å². The van der Waals surface area contributed by atoms with Crippen molar-refractivity contribution in [2.45, 2.75) is 32.9 Å². The molecule has 0 radical (unpaired) electrons. The molecule has 2 unspecified atom stereocenters. The molecule has 2 atom stereocenters. The van der Waals surface area contributed by atoms with Crippen LogP contribution in [-0.2, 0) is 16.1 Å². The van der Waals surface area contributed by atoms with Crippen molar-refractivity contribution in [1.82, 2.24) is 9.88 Å². The van der Waals surface area contributed by atoms with Crippen LogP contribution >= 0.6 is 12.4 Å². The standard InChI is InChI=1S/C17H24N4O2.ClH/c1-4-11(2)16(18)17(23)20-13-6-5-12-7-8-21(14(12)9-13)10-15(22)19-3;/h5-9,11,16H,4,10,18H2,1-3H3,(H,19,22)(H,20,23);1H. The molecule has 24 heavy (non-hydrogen) atoms. The molecule has 1 heterocycles. The van der Waals surface area contributed by atoms with Crippen molar-refractivity contribution in [3.8, 4) is 0 Å². The van der Waals surface area contributed by atoms with Gasteiger partial charge in [-0.05, 0) is 29.5 Å². The van der Waals surface area contributed by atoms with E-state index in [0.29, 0.717) is 5.69 Å². The molecule has 2 amide bonds. The molecule has 0 spiro atoms. The van der Waals surface area contributed by atoms with Gasteiger partial charge in [0.05, 0.1) is 11.6 Å². The van der Waals surface area contributed by atoms with Gasteiger partial charge < -0.3 is 20.9 Å². The fourth-order valence-corrected chi connectivity index (χ4v) is 2.37. The highest BCUT2D eigenvalue weighted by Gasteiger charge is 2.19. The molecule has 0 saturated heterocycles. The predicted octanol–water partition coefficient (Wildman–Crippen LogP) is 2.12. The van der Waals surface area contributed by atoms with Gasteiger partial charge in [-0.25, -0.2) is 0 Å². The number of amides is 2. The molecule has 2 aromatic rings. The molecule has 0 aliphatic heterocycles. The number of nitrogens with zero attached hydrogens (tertiary/aromatic N) is 1. The predicted molar refractivity (Wildman–Crippen MR) is 99.3 cm³/mol. The second kappa shape index (κ2) is 8.70. The van der Waals surface area contributed by atoms with Gasteiger partial charge in [-0.3, -0.25) is 9.59 Å². The summed E-state index contributed by atoms with van der Waals surface area (Å²) >= 11 is 0. The number of likely N-dealkylation sites (N-methyl/N-ethyl adjacent to an activating group) is 1. The molecule has 7 heteroatoms. The van der Waals surface area contributed by atoms with Crippen molar-refractivity contribution in [2.24, 2.45) is 11.7 Å². The van der Waals surface area contributed by atoms with Crippen LogP contribution in [0.15, 0.2) is 30.5 Å². The maximum Gasteiger partial charge on any atom is 0.241 e. The number of fused-ring (bicyclic) bond motifs is 1. The van der Waals surface area contributed by atoms with Crippen molar-refractivity contribution in [2.75, 3.05) is 12.4 Å². The van der Waals surface area contributed by atoms with E-state index in [1.54, 1.807) is 7.05 Å². The minimum absolute atomic E-state index is 0. The molecule has 0 fully saturated rings. The van der Waals surface area contributed by atoms with Gasteiger partial charge in [0.15, 0.2) is 0 Å². The second-order valence-electron chi connectivity index (χ2n) is 5.79. The highest BCUT2D eigenvalue weighted by Crippen LogP contribution is 2.21. The molecule has 0 bridgehead atoms. The Morgan fingerprint density at radius 3 is 2.62 bits per heavy atom. The van der Waals surface area contributed by atoms with Gasteiger partial charge in [-0.2, -0.15) is 0 Å². The van der Waals surface area contributed by atoms with Crippen LogP contribution in [-0.4, -0.2) is 29.5 Å². The minimum Gasteiger partial charge on any atom is -0.358 e. The van der Waals surface area contributed by atoms with Crippen LogP contribution < -0.4 is 16.4 Å². The SMILES string of the molecule is CCC(C)C(N)C(=O)Nc1ccc2ccn(CC(=O)NC)c2c1.Cl. The summed E-state index contributed by atoms with van der Waals surface area (Å²) in [5.41, 5.74) is 7.53. The Balaban J connectivity index is 0.00000288. The van der Waals surface area contributed by atoms with Crippen molar-refractivity contribution >= 4 is 40.8 Å². The Kier molecular flexibility index (Phi) is 7.25. The molecule has 1 aromatic carbocycles. The van der Waals surface area contributed by atoms with Crippen LogP contribution in [0.3, 0.4) is 0 Å². The van der Waals surface area contributed by atoms with Gasteiger partial charge in [0.25, 0.3) is 0 Å². The Morgan fingerprint density at radius 2 is 2.00 bits per heavy atom. The van der Waals surface area contributed by atoms with E-state index in [9.17, 15) is 9.59 Å². The second-order valence-corrected chi connectivity index (χ2v) is 5.79. The Hall–Kier alpha value is -2.05.